The van der Waals surface area contributed by atoms with E-state index in [1.54, 1.807) is 0 Å². The molecule has 21 heavy (non-hydrogen) atoms. The number of aryl methyl sites for hydroxylation is 3. The first-order valence-electron chi connectivity index (χ1n) is 7.13. The minimum atomic E-state index is 0.0270. The normalized spacial score (nSPS) is 10.4. The van der Waals surface area contributed by atoms with Crippen LogP contribution in [0.4, 0.5) is 5.69 Å². The summed E-state index contributed by atoms with van der Waals surface area (Å²) in [5.74, 6) is 0.0270. The molecule has 0 heterocycles. The highest BCUT2D eigenvalue weighted by atomic mass is 16.1. The number of benzene rings is 2. The minimum absolute atomic E-state index is 0.0270. The Kier molecular flexibility index (Phi) is 4.63. The zero-order valence-electron chi connectivity index (χ0n) is 12.9. The maximum absolute atomic E-state index is 12.0. The van der Waals surface area contributed by atoms with Gasteiger partial charge in [-0.2, -0.15) is 0 Å². The Bertz CT molecular complexity index is 622. The molecule has 3 nitrogen and oxygen atoms in total. The summed E-state index contributed by atoms with van der Waals surface area (Å²) in [7, 11) is 0. The molecule has 0 aliphatic carbocycles. The zero-order valence-corrected chi connectivity index (χ0v) is 12.9. The predicted octanol–water partition coefficient (Wildman–Crippen LogP) is 3.05. The lowest BCUT2D eigenvalue weighted by Crippen LogP contribution is -2.25. The highest BCUT2D eigenvalue weighted by molar-refractivity contribution is 5.78. The smallest absolute Gasteiger partial charge is 0.224 e. The first-order chi connectivity index (χ1) is 9.95. The van der Waals surface area contributed by atoms with Crippen molar-refractivity contribution in [1.82, 2.24) is 5.32 Å². The fourth-order valence-corrected chi connectivity index (χ4v) is 2.56. The van der Waals surface area contributed by atoms with Gasteiger partial charge >= 0.3 is 0 Å². The number of nitrogens with one attached hydrogen (secondary N) is 1. The van der Waals surface area contributed by atoms with E-state index < -0.39 is 0 Å². The summed E-state index contributed by atoms with van der Waals surface area (Å²) < 4.78 is 0. The van der Waals surface area contributed by atoms with Gasteiger partial charge < -0.3 is 11.1 Å². The number of amides is 1. The average Bonchev–Trinajstić information content (AvgIpc) is 2.40. The number of carbonyl (C=O) groups is 1. The molecule has 3 heteroatoms. The van der Waals surface area contributed by atoms with E-state index in [9.17, 15) is 4.79 Å². The quantitative estimate of drug-likeness (QED) is 0.847. The Morgan fingerprint density at radius 2 is 1.62 bits per heavy atom. The van der Waals surface area contributed by atoms with Gasteiger partial charge in [-0.05, 0) is 55.2 Å². The number of rotatable bonds is 4. The van der Waals surface area contributed by atoms with E-state index in [1.165, 1.54) is 22.3 Å². The third-order valence-corrected chi connectivity index (χ3v) is 3.65. The highest BCUT2D eigenvalue weighted by Gasteiger charge is 2.07. The van der Waals surface area contributed by atoms with Crippen molar-refractivity contribution in [3.8, 4) is 0 Å². The van der Waals surface area contributed by atoms with E-state index in [0.29, 0.717) is 18.7 Å². The molecule has 2 aromatic rings. The zero-order chi connectivity index (χ0) is 15.4. The molecular formula is C18H22N2O. The summed E-state index contributed by atoms with van der Waals surface area (Å²) in [5.41, 5.74) is 12.2. The molecule has 2 rings (SSSR count). The SMILES string of the molecule is Cc1cc(C)c(CNC(=O)Cc2ccc(N)cc2)c(C)c1. The van der Waals surface area contributed by atoms with Crippen molar-refractivity contribution in [3.05, 3.63) is 64.2 Å². The largest absolute Gasteiger partial charge is 0.399 e. The van der Waals surface area contributed by atoms with Crippen LogP contribution >= 0.6 is 0 Å². The molecule has 3 N–H and O–H groups in total. The summed E-state index contributed by atoms with van der Waals surface area (Å²) in [5, 5.41) is 2.99. The summed E-state index contributed by atoms with van der Waals surface area (Å²) in [6.45, 7) is 6.83. The fourth-order valence-electron chi connectivity index (χ4n) is 2.56. The summed E-state index contributed by atoms with van der Waals surface area (Å²) in [4.78, 5) is 12.0. The molecule has 0 bridgehead atoms. The third kappa shape index (κ3) is 4.09. The van der Waals surface area contributed by atoms with Crippen molar-refractivity contribution in [2.45, 2.75) is 33.7 Å². The van der Waals surface area contributed by atoms with Crippen LogP contribution in [-0.4, -0.2) is 5.91 Å². The van der Waals surface area contributed by atoms with Gasteiger partial charge in [-0.15, -0.1) is 0 Å². The van der Waals surface area contributed by atoms with E-state index >= 15 is 0 Å². The molecule has 0 radical (unpaired) electrons. The number of hydrogen-bond donors (Lipinski definition) is 2. The first-order valence-corrected chi connectivity index (χ1v) is 7.13. The molecule has 0 saturated carbocycles. The molecule has 0 unspecified atom stereocenters. The molecule has 2 aromatic carbocycles. The van der Waals surface area contributed by atoms with Gasteiger partial charge in [-0.3, -0.25) is 4.79 Å². The second-order valence-corrected chi connectivity index (χ2v) is 5.57. The standard InChI is InChI=1S/C18H22N2O/c1-12-8-13(2)17(14(3)9-12)11-20-18(21)10-15-4-6-16(19)7-5-15/h4-9H,10-11,19H2,1-3H3,(H,20,21). The van der Waals surface area contributed by atoms with Crippen LogP contribution in [0.5, 0.6) is 0 Å². The van der Waals surface area contributed by atoms with Crippen molar-refractivity contribution >= 4 is 11.6 Å². The van der Waals surface area contributed by atoms with Crippen LogP contribution in [0.1, 0.15) is 27.8 Å². The van der Waals surface area contributed by atoms with E-state index in [4.69, 9.17) is 5.73 Å². The van der Waals surface area contributed by atoms with Crippen LogP contribution in [0.25, 0.3) is 0 Å². The van der Waals surface area contributed by atoms with Crippen LogP contribution in [0.2, 0.25) is 0 Å². The molecule has 0 atom stereocenters. The van der Waals surface area contributed by atoms with Gasteiger partial charge in [-0.25, -0.2) is 0 Å². The van der Waals surface area contributed by atoms with Crippen molar-refractivity contribution in [2.75, 3.05) is 5.73 Å². The van der Waals surface area contributed by atoms with Crippen LogP contribution in [-0.2, 0) is 17.8 Å². The molecular weight excluding hydrogens is 260 g/mol. The molecule has 110 valence electrons. The Labute approximate surface area is 126 Å². The van der Waals surface area contributed by atoms with Gasteiger partial charge in [0.05, 0.1) is 6.42 Å². The Hall–Kier alpha value is -2.29. The second kappa shape index (κ2) is 6.44. The van der Waals surface area contributed by atoms with Gasteiger partial charge in [0.1, 0.15) is 0 Å². The minimum Gasteiger partial charge on any atom is -0.399 e. The number of carbonyl (C=O) groups excluding carboxylic acids is 1. The monoisotopic (exact) mass is 282 g/mol. The summed E-state index contributed by atoms with van der Waals surface area (Å²) in [6, 6.07) is 11.7. The van der Waals surface area contributed by atoms with Gasteiger partial charge in [0.2, 0.25) is 5.91 Å². The number of hydrogen-bond acceptors (Lipinski definition) is 2. The average molecular weight is 282 g/mol. The second-order valence-electron chi connectivity index (χ2n) is 5.57. The van der Waals surface area contributed by atoms with Crippen LogP contribution in [0, 0.1) is 20.8 Å². The molecule has 0 aliphatic heterocycles. The molecule has 0 fully saturated rings. The lowest BCUT2D eigenvalue weighted by Gasteiger charge is -2.12. The van der Waals surface area contributed by atoms with E-state index in [1.807, 2.05) is 24.3 Å². The number of anilines is 1. The highest BCUT2D eigenvalue weighted by Crippen LogP contribution is 2.16. The molecule has 0 aromatic heterocycles. The topological polar surface area (TPSA) is 55.1 Å². The summed E-state index contributed by atoms with van der Waals surface area (Å²) in [6.07, 6.45) is 0.379. The van der Waals surface area contributed by atoms with E-state index in [-0.39, 0.29) is 5.91 Å². The third-order valence-electron chi connectivity index (χ3n) is 3.65. The first kappa shape index (κ1) is 15.1. The molecule has 0 spiro atoms. The molecule has 0 saturated heterocycles. The van der Waals surface area contributed by atoms with Gasteiger partial charge in [0, 0.05) is 12.2 Å². The van der Waals surface area contributed by atoms with Crippen molar-refractivity contribution in [3.63, 3.8) is 0 Å². The molecule has 0 aliphatic rings. The van der Waals surface area contributed by atoms with E-state index in [0.717, 1.165) is 5.56 Å². The molecule has 1 amide bonds. The van der Waals surface area contributed by atoms with Crippen LogP contribution in [0.3, 0.4) is 0 Å². The van der Waals surface area contributed by atoms with Crippen molar-refractivity contribution in [2.24, 2.45) is 0 Å². The van der Waals surface area contributed by atoms with Gasteiger partial charge in [0.15, 0.2) is 0 Å². The fraction of sp³-hybridized carbons (Fsp3) is 0.278. The lowest BCUT2D eigenvalue weighted by molar-refractivity contribution is -0.120. The lowest BCUT2D eigenvalue weighted by atomic mass is 10.00. The summed E-state index contributed by atoms with van der Waals surface area (Å²) >= 11 is 0. The van der Waals surface area contributed by atoms with E-state index in [2.05, 4.69) is 38.2 Å². The maximum Gasteiger partial charge on any atom is 0.224 e. The maximum atomic E-state index is 12.0. The van der Waals surface area contributed by atoms with Crippen LogP contribution < -0.4 is 11.1 Å². The Balaban J connectivity index is 1.97. The predicted molar refractivity (Wildman–Crippen MR) is 87.1 cm³/mol. The van der Waals surface area contributed by atoms with Gasteiger partial charge in [-0.1, -0.05) is 29.8 Å². The van der Waals surface area contributed by atoms with Crippen molar-refractivity contribution in [1.29, 1.82) is 0 Å². The number of nitrogen functional groups attached to an aromatic ring is 1. The van der Waals surface area contributed by atoms with Crippen LogP contribution in [0.15, 0.2) is 36.4 Å². The Morgan fingerprint density at radius 3 is 2.19 bits per heavy atom. The van der Waals surface area contributed by atoms with Gasteiger partial charge in [0.25, 0.3) is 0 Å². The Morgan fingerprint density at radius 1 is 1.05 bits per heavy atom. The van der Waals surface area contributed by atoms with Crippen molar-refractivity contribution < 1.29 is 4.79 Å². The number of nitrogens with two attached hydrogens (primary N) is 1.